The third kappa shape index (κ3) is 2.85. The Bertz CT molecular complexity index is 566. The molecule has 1 N–H and O–H groups in total. The lowest BCUT2D eigenvalue weighted by atomic mass is 10.1. The molecule has 0 unspecified atom stereocenters. The molecule has 0 radical (unpaired) electrons. The number of amides is 1. The molecule has 1 heterocycles. The van der Waals surface area contributed by atoms with E-state index >= 15 is 0 Å². The second kappa shape index (κ2) is 5.90. The highest BCUT2D eigenvalue weighted by Gasteiger charge is 2.23. The van der Waals surface area contributed by atoms with Crippen LogP contribution < -0.4 is 5.32 Å². The molecule has 98 valence electrons. The maximum atomic E-state index is 12.0. The second-order valence-electron chi connectivity index (χ2n) is 3.90. The van der Waals surface area contributed by atoms with E-state index in [1.54, 1.807) is 6.92 Å². The largest absolute Gasteiger partial charge is 0.348 e. The van der Waals surface area contributed by atoms with Crippen molar-refractivity contribution in [3.8, 4) is 11.4 Å². The van der Waals surface area contributed by atoms with E-state index in [4.69, 9.17) is 4.52 Å². The van der Waals surface area contributed by atoms with E-state index in [0.717, 1.165) is 5.56 Å². The van der Waals surface area contributed by atoms with E-state index in [-0.39, 0.29) is 11.7 Å². The molecule has 0 saturated carbocycles. The summed E-state index contributed by atoms with van der Waals surface area (Å²) in [6.07, 6.45) is 0.946. The Morgan fingerprint density at radius 1 is 1.42 bits per heavy atom. The van der Waals surface area contributed by atoms with Crippen molar-refractivity contribution in [1.29, 1.82) is 0 Å². The molecule has 2 aromatic rings. The topological polar surface area (TPSA) is 85.1 Å². The van der Waals surface area contributed by atoms with Gasteiger partial charge in [-0.25, -0.2) is 0 Å². The maximum absolute atomic E-state index is 12.0. The first kappa shape index (κ1) is 12.9. The van der Waals surface area contributed by atoms with Crippen LogP contribution in [-0.4, -0.2) is 28.4 Å². The van der Waals surface area contributed by atoms with Crippen LogP contribution in [0.5, 0.6) is 0 Å². The number of carbonyl (C=O) groups is 2. The molecule has 0 saturated heterocycles. The van der Waals surface area contributed by atoms with Gasteiger partial charge in [-0.3, -0.25) is 9.59 Å². The third-order valence-corrected chi connectivity index (χ3v) is 2.66. The average molecular weight is 259 g/mol. The number of ketones is 1. The minimum atomic E-state index is -0.637. The summed E-state index contributed by atoms with van der Waals surface area (Å²) in [6.45, 7) is 1.79. The first-order valence-electron chi connectivity index (χ1n) is 5.89. The van der Waals surface area contributed by atoms with Crippen molar-refractivity contribution in [2.45, 2.75) is 19.4 Å². The SMILES string of the molecule is CC[C@H](NC=O)C(=O)c1nc(-c2ccccc2)no1. The van der Waals surface area contributed by atoms with Gasteiger partial charge in [0, 0.05) is 5.56 Å². The van der Waals surface area contributed by atoms with Crippen molar-refractivity contribution in [2.75, 3.05) is 0 Å². The Kier molecular flexibility index (Phi) is 4.02. The lowest BCUT2D eigenvalue weighted by molar-refractivity contribution is -0.110. The predicted octanol–water partition coefficient (Wildman–Crippen LogP) is 1.44. The number of Topliss-reactive ketones (excluding diaryl/α,β-unsaturated/α-hetero) is 1. The van der Waals surface area contributed by atoms with Gasteiger partial charge in [-0.1, -0.05) is 42.4 Å². The monoisotopic (exact) mass is 259 g/mol. The number of nitrogens with zero attached hydrogens (tertiary/aromatic N) is 2. The standard InChI is InChI=1S/C13H13N3O3/c1-2-10(14-8-17)11(18)13-15-12(16-19-13)9-6-4-3-5-7-9/h3-8,10H,2H2,1H3,(H,14,17)/t10-/m0/s1. The summed E-state index contributed by atoms with van der Waals surface area (Å²) < 4.78 is 4.94. The Hall–Kier alpha value is -2.50. The van der Waals surface area contributed by atoms with E-state index < -0.39 is 6.04 Å². The van der Waals surface area contributed by atoms with Gasteiger partial charge in [0.1, 0.15) is 0 Å². The van der Waals surface area contributed by atoms with E-state index in [0.29, 0.717) is 18.7 Å². The van der Waals surface area contributed by atoms with Crippen LogP contribution in [0.15, 0.2) is 34.9 Å². The molecule has 0 spiro atoms. The number of aromatic nitrogens is 2. The number of benzene rings is 1. The Labute approximate surface area is 109 Å². The zero-order valence-corrected chi connectivity index (χ0v) is 10.4. The average Bonchev–Trinajstić information content (AvgIpc) is 2.95. The van der Waals surface area contributed by atoms with Crippen molar-refractivity contribution in [1.82, 2.24) is 15.5 Å². The number of hydrogen-bond acceptors (Lipinski definition) is 5. The Morgan fingerprint density at radius 2 is 2.16 bits per heavy atom. The van der Waals surface area contributed by atoms with Crippen molar-refractivity contribution in [3.05, 3.63) is 36.2 Å². The third-order valence-electron chi connectivity index (χ3n) is 2.66. The number of carbonyl (C=O) groups excluding carboxylic acids is 2. The predicted molar refractivity (Wildman–Crippen MR) is 67.3 cm³/mol. The molecule has 0 aliphatic heterocycles. The van der Waals surface area contributed by atoms with Gasteiger partial charge in [0.05, 0.1) is 6.04 Å². The van der Waals surface area contributed by atoms with Gasteiger partial charge >= 0.3 is 0 Å². The molecular weight excluding hydrogens is 246 g/mol. The molecule has 0 bridgehead atoms. The molecule has 6 heteroatoms. The fourth-order valence-electron chi connectivity index (χ4n) is 1.64. The highest BCUT2D eigenvalue weighted by atomic mass is 16.5. The van der Waals surface area contributed by atoms with Gasteiger partial charge in [-0.2, -0.15) is 4.98 Å². The first-order valence-corrected chi connectivity index (χ1v) is 5.89. The lowest BCUT2D eigenvalue weighted by Crippen LogP contribution is -2.35. The molecule has 6 nitrogen and oxygen atoms in total. The van der Waals surface area contributed by atoms with E-state index in [1.165, 1.54) is 0 Å². The molecule has 0 aliphatic rings. The van der Waals surface area contributed by atoms with Crippen LogP contribution in [0, 0.1) is 0 Å². The van der Waals surface area contributed by atoms with E-state index in [2.05, 4.69) is 15.5 Å². The molecule has 2 rings (SSSR count). The summed E-state index contributed by atoms with van der Waals surface area (Å²) in [7, 11) is 0. The summed E-state index contributed by atoms with van der Waals surface area (Å²) in [5.74, 6) is -0.130. The van der Waals surface area contributed by atoms with Crippen LogP contribution in [0.3, 0.4) is 0 Å². The Morgan fingerprint density at radius 3 is 2.79 bits per heavy atom. The maximum Gasteiger partial charge on any atom is 0.296 e. The minimum Gasteiger partial charge on any atom is -0.348 e. The van der Waals surface area contributed by atoms with Crippen LogP contribution in [-0.2, 0) is 4.79 Å². The summed E-state index contributed by atoms with van der Waals surface area (Å²) >= 11 is 0. The second-order valence-corrected chi connectivity index (χ2v) is 3.90. The Balaban J connectivity index is 2.21. The zero-order valence-electron chi connectivity index (χ0n) is 10.4. The van der Waals surface area contributed by atoms with E-state index in [1.807, 2.05) is 30.3 Å². The van der Waals surface area contributed by atoms with Gasteiger partial charge in [-0.15, -0.1) is 0 Å². The fraction of sp³-hybridized carbons (Fsp3) is 0.231. The molecule has 0 fully saturated rings. The van der Waals surface area contributed by atoms with Crippen LogP contribution in [0.4, 0.5) is 0 Å². The van der Waals surface area contributed by atoms with Gasteiger partial charge in [0.2, 0.25) is 18.0 Å². The summed E-state index contributed by atoms with van der Waals surface area (Å²) in [4.78, 5) is 26.4. The highest BCUT2D eigenvalue weighted by molar-refractivity contribution is 5.97. The van der Waals surface area contributed by atoms with Crippen molar-refractivity contribution < 1.29 is 14.1 Å². The lowest BCUT2D eigenvalue weighted by Gasteiger charge is -2.08. The summed E-state index contributed by atoms with van der Waals surface area (Å²) in [5.41, 5.74) is 0.765. The van der Waals surface area contributed by atoms with Crippen molar-refractivity contribution >= 4 is 12.2 Å². The minimum absolute atomic E-state index is 0.0972. The van der Waals surface area contributed by atoms with Crippen LogP contribution in [0.25, 0.3) is 11.4 Å². The zero-order chi connectivity index (χ0) is 13.7. The van der Waals surface area contributed by atoms with Crippen LogP contribution in [0.1, 0.15) is 24.0 Å². The van der Waals surface area contributed by atoms with Gasteiger partial charge < -0.3 is 9.84 Å². The summed E-state index contributed by atoms with van der Waals surface area (Å²) in [6, 6.07) is 8.56. The van der Waals surface area contributed by atoms with Crippen molar-refractivity contribution in [3.63, 3.8) is 0 Å². The normalized spacial score (nSPS) is 11.8. The van der Waals surface area contributed by atoms with Gasteiger partial charge in [-0.05, 0) is 6.42 Å². The summed E-state index contributed by atoms with van der Waals surface area (Å²) in [5, 5.41) is 6.18. The molecule has 19 heavy (non-hydrogen) atoms. The van der Waals surface area contributed by atoms with Crippen LogP contribution in [0.2, 0.25) is 0 Å². The van der Waals surface area contributed by atoms with E-state index in [9.17, 15) is 9.59 Å². The van der Waals surface area contributed by atoms with Crippen LogP contribution >= 0.6 is 0 Å². The highest BCUT2D eigenvalue weighted by Crippen LogP contribution is 2.15. The quantitative estimate of drug-likeness (QED) is 0.626. The van der Waals surface area contributed by atoms with Crippen molar-refractivity contribution in [2.24, 2.45) is 0 Å². The molecule has 1 aromatic carbocycles. The number of hydrogen-bond donors (Lipinski definition) is 1. The first-order chi connectivity index (χ1) is 9.26. The van der Waals surface area contributed by atoms with Gasteiger partial charge in [0.15, 0.2) is 0 Å². The molecule has 0 aliphatic carbocycles. The smallest absolute Gasteiger partial charge is 0.296 e. The van der Waals surface area contributed by atoms with Gasteiger partial charge in [0.25, 0.3) is 5.89 Å². The number of rotatable bonds is 6. The molecule has 1 amide bonds. The molecular formula is C13H13N3O3. The fourth-order valence-corrected chi connectivity index (χ4v) is 1.64. The molecule has 1 atom stereocenters. The number of nitrogens with one attached hydrogen (secondary N) is 1. The molecule has 1 aromatic heterocycles.